The van der Waals surface area contributed by atoms with Crippen molar-refractivity contribution >= 4 is 0 Å². The van der Waals surface area contributed by atoms with Crippen LogP contribution in [0.15, 0.2) is 12.4 Å². The maximum atomic E-state index is 2.42. The van der Waals surface area contributed by atoms with Crippen molar-refractivity contribution in [1.29, 1.82) is 0 Å². The monoisotopic (exact) mass is 209 g/mol. The number of hydrogen-bond acceptors (Lipinski definition) is 0. The van der Waals surface area contributed by atoms with Crippen LogP contribution in [0.25, 0.3) is 0 Å². The van der Waals surface area contributed by atoms with Crippen LogP contribution >= 0.6 is 0 Å². The van der Waals surface area contributed by atoms with Crippen LogP contribution in [0, 0.1) is 0 Å². The average Bonchev–Trinajstić information content (AvgIpc) is 2.58. The van der Waals surface area contributed by atoms with E-state index in [9.17, 15) is 0 Å². The smallest absolute Gasteiger partial charge is 0.237 e. The summed E-state index contributed by atoms with van der Waals surface area (Å²) in [6.45, 7) is 5.69. The van der Waals surface area contributed by atoms with Gasteiger partial charge in [0.2, 0.25) is 0 Å². The van der Waals surface area contributed by atoms with E-state index in [0.29, 0.717) is 0 Å². The van der Waals surface area contributed by atoms with Crippen molar-refractivity contribution in [1.82, 2.24) is 4.57 Å². The van der Waals surface area contributed by atoms with Gasteiger partial charge in [-0.1, -0.05) is 33.1 Å². The zero-order valence-corrected chi connectivity index (χ0v) is 10.5. The lowest BCUT2D eigenvalue weighted by molar-refractivity contribution is -0.704. The first kappa shape index (κ1) is 12.3. The third-order valence-electron chi connectivity index (χ3n) is 2.97. The molecule has 0 aliphatic carbocycles. The second-order valence-electron chi connectivity index (χ2n) is 4.33. The molecule has 2 heteroatoms. The van der Waals surface area contributed by atoms with Crippen molar-refractivity contribution in [3.05, 3.63) is 18.2 Å². The van der Waals surface area contributed by atoms with Crippen LogP contribution in [0.2, 0.25) is 0 Å². The molecule has 0 saturated heterocycles. The molecule has 1 heterocycles. The third-order valence-corrected chi connectivity index (χ3v) is 2.97. The van der Waals surface area contributed by atoms with Crippen LogP contribution in [0.4, 0.5) is 0 Å². The largest absolute Gasteiger partial charge is 0.256 e. The van der Waals surface area contributed by atoms with Gasteiger partial charge in [0.1, 0.15) is 12.4 Å². The molecule has 2 nitrogen and oxygen atoms in total. The van der Waals surface area contributed by atoms with E-state index in [2.05, 4.69) is 42.4 Å². The highest BCUT2D eigenvalue weighted by Crippen LogP contribution is 2.03. The molecule has 1 aromatic heterocycles. The van der Waals surface area contributed by atoms with Crippen LogP contribution in [0.5, 0.6) is 0 Å². The number of aryl methyl sites for hydroxylation is 2. The van der Waals surface area contributed by atoms with E-state index in [4.69, 9.17) is 0 Å². The van der Waals surface area contributed by atoms with Gasteiger partial charge in [-0.15, -0.1) is 0 Å². The van der Waals surface area contributed by atoms with Crippen molar-refractivity contribution in [2.75, 3.05) is 0 Å². The summed E-state index contributed by atoms with van der Waals surface area (Å²) >= 11 is 0. The van der Waals surface area contributed by atoms with Gasteiger partial charge in [0.25, 0.3) is 5.82 Å². The normalized spacial score (nSPS) is 10.9. The molecule has 0 atom stereocenters. The van der Waals surface area contributed by atoms with Crippen molar-refractivity contribution in [3.63, 3.8) is 0 Å². The summed E-state index contributed by atoms with van der Waals surface area (Å²) in [5.41, 5.74) is 0. The molecule has 0 aliphatic heterocycles. The van der Waals surface area contributed by atoms with Gasteiger partial charge in [-0.05, 0) is 12.8 Å². The molecule has 0 bridgehead atoms. The lowest BCUT2D eigenvalue weighted by Crippen LogP contribution is -2.37. The number of imidazole rings is 1. The quantitative estimate of drug-likeness (QED) is 0.482. The molecule has 0 aromatic carbocycles. The van der Waals surface area contributed by atoms with Gasteiger partial charge < -0.3 is 0 Å². The summed E-state index contributed by atoms with van der Waals surface area (Å²) in [5, 5.41) is 0. The van der Waals surface area contributed by atoms with E-state index in [1.807, 2.05) is 0 Å². The predicted octanol–water partition coefficient (Wildman–Crippen LogP) is 2.85. The SMILES string of the molecule is CCCCCc1n(C)cc[n+]1CCCC. The zero-order valence-electron chi connectivity index (χ0n) is 10.5. The van der Waals surface area contributed by atoms with E-state index < -0.39 is 0 Å². The molecule has 0 saturated carbocycles. The summed E-state index contributed by atoms with van der Waals surface area (Å²) in [7, 11) is 2.16. The minimum atomic E-state index is 1.18. The van der Waals surface area contributed by atoms with Gasteiger partial charge in [0.15, 0.2) is 0 Å². The number of aromatic nitrogens is 2. The molecule has 15 heavy (non-hydrogen) atoms. The Morgan fingerprint density at radius 3 is 2.53 bits per heavy atom. The Morgan fingerprint density at radius 1 is 1.13 bits per heavy atom. The van der Waals surface area contributed by atoms with Gasteiger partial charge in [-0.3, -0.25) is 0 Å². The van der Waals surface area contributed by atoms with Crippen LogP contribution < -0.4 is 4.57 Å². The minimum Gasteiger partial charge on any atom is -0.237 e. The highest BCUT2D eigenvalue weighted by atomic mass is 15.1. The molecule has 0 amide bonds. The second kappa shape index (κ2) is 6.65. The van der Waals surface area contributed by atoms with Gasteiger partial charge in [0, 0.05) is 6.42 Å². The maximum absolute atomic E-state index is 2.42. The summed E-state index contributed by atoms with van der Waals surface area (Å²) < 4.78 is 4.69. The molecule has 0 radical (unpaired) electrons. The fraction of sp³-hybridized carbons (Fsp3) is 0.769. The molecule has 0 spiro atoms. The Kier molecular flexibility index (Phi) is 5.44. The molecule has 0 unspecified atom stereocenters. The number of nitrogens with zero attached hydrogens (tertiary/aromatic N) is 2. The van der Waals surface area contributed by atoms with Crippen molar-refractivity contribution in [3.8, 4) is 0 Å². The number of unbranched alkanes of at least 4 members (excludes halogenated alkanes) is 3. The molecule has 86 valence electrons. The van der Waals surface area contributed by atoms with E-state index in [1.54, 1.807) is 0 Å². The first-order valence-electron chi connectivity index (χ1n) is 6.33. The number of rotatable bonds is 7. The van der Waals surface area contributed by atoms with Crippen LogP contribution in [-0.2, 0) is 20.0 Å². The van der Waals surface area contributed by atoms with Gasteiger partial charge in [-0.2, -0.15) is 0 Å². The fourth-order valence-corrected chi connectivity index (χ4v) is 1.94. The lowest BCUT2D eigenvalue weighted by Gasteiger charge is -2.01. The fourth-order valence-electron chi connectivity index (χ4n) is 1.94. The molecular weight excluding hydrogens is 184 g/mol. The van der Waals surface area contributed by atoms with Gasteiger partial charge in [0.05, 0.1) is 13.6 Å². The predicted molar refractivity (Wildman–Crippen MR) is 63.7 cm³/mol. The Hall–Kier alpha value is -0.790. The van der Waals surface area contributed by atoms with Crippen molar-refractivity contribution in [2.24, 2.45) is 7.05 Å². The molecule has 0 N–H and O–H groups in total. The Balaban J connectivity index is 2.54. The van der Waals surface area contributed by atoms with Gasteiger partial charge >= 0.3 is 0 Å². The van der Waals surface area contributed by atoms with Crippen molar-refractivity contribution < 1.29 is 4.57 Å². The van der Waals surface area contributed by atoms with Gasteiger partial charge in [-0.25, -0.2) is 9.13 Å². The van der Waals surface area contributed by atoms with Crippen molar-refractivity contribution in [2.45, 2.75) is 58.9 Å². The topological polar surface area (TPSA) is 8.81 Å². The summed E-state index contributed by atoms with van der Waals surface area (Å²) in [4.78, 5) is 0. The van der Waals surface area contributed by atoms with E-state index >= 15 is 0 Å². The lowest BCUT2D eigenvalue weighted by atomic mass is 10.2. The molecule has 1 rings (SSSR count). The number of hydrogen-bond donors (Lipinski definition) is 0. The first-order valence-corrected chi connectivity index (χ1v) is 6.33. The minimum absolute atomic E-state index is 1.18. The summed E-state index contributed by atoms with van der Waals surface area (Å²) in [6.07, 6.45) is 12.2. The molecular formula is C13H25N2+. The Morgan fingerprint density at radius 2 is 1.87 bits per heavy atom. The summed E-state index contributed by atoms with van der Waals surface area (Å²) in [6, 6.07) is 0. The second-order valence-corrected chi connectivity index (χ2v) is 4.33. The molecule has 0 fully saturated rings. The van der Waals surface area contributed by atoms with E-state index in [1.165, 1.54) is 50.9 Å². The van der Waals surface area contributed by atoms with E-state index in [-0.39, 0.29) is 0 Å². The van der Waals surface area contributed by atoms with Crippen LogP contribution in [0.1, 0.15) is 51.8 Å². The van der Waals surface area contributed by atoms with Crippen LogP contribution in [-0.4, -0.2) is 4.57 Å². The Bertz CT molecular complexity index is 276. The zero-order chi connectivity index (χ0) is 11.1. The third kappa shape index (κ3) is 3.69. The molecule has 0 aliphatic rings. The highest BCUT2D eigenvalue weighted by Gasteiger charge is 2.12. The van der Waals surface area contributed by atoms with E-state index in [0.717, 1.165) is 0 Å². The summed E-state index contributed by atoms with van der Waals surface area (Å²) in [5.74, 6) is 1.48. The standard InChI is InChI=1S/C13H25N2/c1-4-6-8-9-13-14(3)11-12-15(13)10-7-5-2/h11-12H,4-10H2,1-3H3/q+1. The Labute approximate surface area is 93.9 Å². The highest BCUT2D eigenvalue weighted by molar-refractivity contribution is 4.82. The average molecular weight is 209 g/mol. The maximum Gasteiger partial charge on any atom is 0.256 e. The molecule has 1 aromatic rings. The first-order chi connectivity index (χ1) is 7.29. The van der Waals surface area contributed by atoms with Crippen LogP contribution in [0.3, 0.4) is 0 Å².